The van der Waals surface area contributed by atoms with Crippen molar-refractivity contribution in [1.29, 1.82) is 0 Å². The van der Waals surface area contributed by atoms with E-state index >= 15 is 0 Å². The summed E-state index contributed by atoms with van der Waals surface area (Å²) in [6, 6.07) is 3.95. The second kappa shape index (κ2) is 4.71. The lowest BCUT2D eigenvalue weighted by Gasteiger charge is -2.21. The topological polar surface area (TPSA) is 63.6 Å². The molecule has 0 atom stereocenters. The van der Waals surface area contributed by atoms with Crippen molar-refractivity contribution >= 4 is 23.4 Å². The zero-order valence-corrected chi connectivity index (χ0v) is 12.3. The lowest BCUT2D eigenvalue weighted by atomic mass is 10.3. The fraction of sp³-hybridized carbons (Fsp3) is 0.400. The lowest BCUT2D eigenvalue weighted by Crippen LogP contribution is -2.40. The molecule has 0 amide bonds. The standard InChI is InChI=1S/C10H13F3O4SSi/c1-19(2,3)8-6-4-5-7(14)9(8)17-18(15,16)10(11,12)13/h4-6,14H,1-3H3. The second-order valence-corrected chi connectivity index (χ2v) is 11.5. The van der Waals surface area contributed by atoms with Crippen LogP contribution in [0.5, 0.6) is 11.5 Å². The Morgan fingerprint density at radius 2 is 1.74 bits per heavy atom. The Hall–Kier alpha value is -1.22. The van der Waals surface area contributed by atoms with Gasteiger partial charge >= 0.3 is 15.6 Å². The summed E-state index contributed by atoms with van der Waals surface area (Å²) in [7, 11) is -7.98. The summed E-state index contributed by atoms with van der Waals surface area (Å²) in [5, 5.41) is 9.84. The third-order valence-corrected chi connectivity index (χ3v) is 5.24. The van der Waals surface area contributed by atoms with E-state index in [1.807, 2.05) is 0 Å². The largest absolute Gasteiger partial charge is 0.534 e. The fourth-order valence-electron chi connectivity index (χ4n) is 1.36. The second-order valence-electron chi connectivity index (χ2n) is 4.89. The van der Waals surface area contributed by atoms with Crippen LogP contribution in [-0.4, -0.2) is 27.1 Å². The number of benzene rings is 1. The first-order valence-electron chi connectivity index (χ1n) is 5.19. The Labute approximate surface area is 110 Å². The molecule has 4 nitrogen and oxygen atoms in total. The summed E-state index contributed by atoms with van der Waals surface area (Å²) in [5.74, 6) is -1.27. The number of rotatable bonds is 3. The monoisotopic (exact) mass is 314 g/mol. The fourth-order valence-corrected chi connectivity index (χ4v) is 3.38. The highest BCUT2D eigenvalue weighted by Crippen LogP contribution is 2.32. The molecule has 1 aromatic rings. The molecule has 108 valence electrons. The summed E-state index contributed by atoms with van der Waals surface area (Å²) < 4.78 is 63.0. The van der Waals surface area contributed by atoms with Gasteiger partial charge in [-0.1, -0.05) is 31.8 Å². The molecule has 1 aromatic carbocycles. The average molecular weight is 314 g/mol. The molecular formula is C10H13F3O4SSi. The van der Waals surface area contributed by atoms with Gasteiger partial charge in [0.05, 0.1) is 8.07 Å². The SMILES string of the molecule is C[Si](C)(C)c1cccc(O)c1OS(=O)(=O)C(F)(F)F. The van der Waals surface area contributed by atoms with Gasteiger partial charge < -0.3 is 9.29 Å². The first-order chi connectivity index (χ1) is 8.36. The van der Waals surface area contributed by atoms with E-state index in [2.05, 4.69) is 4.18 Å². The Balaban J connectivity index is 3.38. The highest BCUT2D eigenvalue weighted by Gasteiger charge is 2.49. The molecule has 0 heterocycles. The molecule has 0 bridgehead atoms. The minimum atomic E-state index is -5.79. The van der Waals surface area contributed by atoms with Crippen LogP contribution in [0.1, 0.15) is 0 Å². The number of hydrogen-bond acceptors (Lipinski definition) is 4. The molecule has 1 rings (SSSR count). The Morgan fingerprint density at radius 3 is 2.16 bits per heavy atom. The van der Waals surface area contributed by atoms with E-state index in [-0.39, 0.29) is 0 Å². The molecule has 0 aromatic heterocycles. The van der Waals surface area contributed by atoms with Crippen molar-refractivity contribution in [3.63, 3.8) is 0 Å². The molecule has 0 unspecified atom stereocenters. The van der Waals surface area contributed by atoms with Crippen molar-refractivity contribution in [1.82, 2.24) is 0 Å². The van der Waals surface area contributed by atoms with E-state index in [1.165, 1.54) is 12.1 Å². The average Bonchev–Trinajstić information content (AvgIpc) is 2.17. The maximum absolute atomic E-state index is 12.3. The van der Waals surface area contributed by atoms with E-state index < -0.39 is 35.2 Å². The molecule has 0 radical (unpaired) electrons. The minimum absolute atomic E-state index is 0.292. The lowest BCUT2D eigenvalue weighted by molar-refractivity contribution is -0.0500. The number of halogens is 3. The van der Waals surface area contributed by atoms with Crippen LogP contribution in [0.2, 0.25) is 19.6 Å². The van der Waals surface area contributed by atoms with Crippen molar-refractivity contribution < 1.29 is 30.9 Å². The minimum Gasteiger partial charge on any atom is -0.504 e. The van der Waals surface area contributed by atoms with E-state index in [4.69, 9.17) is 0 Å². The van der Waals surface area contributed by atoms with Gasteiger partial charge in [0.15, 0.2) is 11.5 Å². The Kier molecular flexibility index (Phi) is 3.92. The van der Waals surface area contributed by atoms with Crippen LogP contribution in [0.4, 0.5) is 13.2 Å². The summed E-state index contributed by atoms with van der Waals surface area (Å²) in [4.78, 5) is 0. The molecule has 0 spiro atoms. The molecule has 0 saturated carbocycles. The molecule has 9 heteroatoms. The van der Waals surface area contributed by atoms with Crippen LogP contribution in [0.15, 0.2) is 18.2 Å². The van der Waals surface area contributed by atoms with Crippen molar-refractivity contribution in [2.24, 2.45) is 0 Å². The van der Waals surface area contributed by atoms with Gasteiger partial charge in [-0.2, -0.15) is 21.6 Å². The van der Waals surface area contributed by atoms with Gasteiger partial charge in [0.25, 0.3) is 0 Å². The zero-order valence-electron chi connectivity index (χ0n) is 10.4. The van der Waals surface area contributed by atoms with Crippen molar-refractivity contribution in [3.8, 4) is 11.5 Å². The normalized spacial score (nSPS) is 13.4. The van der Waals surface area contributed by atoms with Gasteiger partial charge in [-0.25, -0.2) is 0 Å². The van der Waals surface area contributed by atoms with Gasteiger partial charge in [-0.15, -0.1) is 0 Å². The number of phenols is 1. The van der Waals surface area contributed by atoms with Crippen molar-refractivity contribution in [2.75, 3.05) is 0 Å². The predicted molar refractivity (Wildman–Crippen MR) is 66.7 cm³/mol. The Morgan fingerprint density at radius 1 is 1.21 bits per heavy atom. The van der Waals surface area contributed by atoms with Crippen LogP contribution in [0.25, 0.3) is 0 Å². The maximum Gasteiger partial charge on any atom is 0.534 e. The zero-order chi connectivity index (χ0) is 15.1. The van der Waals surface area contributed by atoms with Gasteiger partial charge in [-0.3, -0.25) is 0 Å². The molecule has 19 heavy (non-hydrogen) atoms. The quantitative estimate of drug-likeness (QED) is 0.527. The van der Waals surface area contributed by atoms with Crippen LogP contribution in [0.3, 0.4) is 0 Å². The van der Waals surface area contributed by atoms with Gasteiger partial charge in [0.2, 0.25) is 0 Å². The molecule has 0 aliphatic carbocycles. The number of hydrogen-bond donors (Lipinski definition) is 1. The highest BCUT2D eigenvalue weighted by atomic mass is 32.2. The number of aromatic hydroxyl groups is 1. The number of alkyl halides is 3. The predicted octanol–water partition coefficient (Wildman–Crippen LogP) is 2.17. The van der Waals surface area contributed by atoms with Crippen molar-refractivity contribution in [3.05, 3.63) is 18.2 Å². The van der Waals surface area contributed by atoms with E-state index in [0.717, 1.165) is 6.07 Å². The van der Waals surface area contributed by atoms with Crippen LogP contribution in [-0.2, 0) is 10.1 Å². The smallest absolute Gasteiger partial charge is 0.504 e. The van der Waals surface area contributed by atoms with Gasteiger partial charge in [0, 0.05) is 0 Å². The highest BCUT2D eigenvalue weighted by molar-refractivity contribution is 7.88. The van der Waals surface area contributed by atoms with Gasteiger partial charge in [-0.05, 0) is 11.3 Å². The van der Waals surface area contributed by atoms with Crippen molar-refractivity contribution in [2.45, 2.75) is 25.1 Å². The van der Waals surface area contributed by atoms with E-state index in [9.17, 15) is 26.7 Å². The maximum atomic E-state index is 12.3. The van der Waals surface area contributed by atoms with Crippen LogP contribution >= 0.6 is 0 Å². The van der Waals surface area contributed by atoms with Gasteiger partial charge in [0.1, 0.15) is 0 Å². The summed E-state index contributed by atoms with van der Waals surface area (Å²) in [6.07, 6.45) is 0. The van der Waals surface area contributed by atoms with Crippen LogP contribution in [0, 0.1) is 0 Å². The molecule has 0 saturated heterocycles. The summed E-state index contributed by atoms with van der Waals surface area (Å²) in [6.45, 7) is 5.36. The Bertz CT molecular complexity index is 575. The first kappa shape index (κ1) is 15.8. The summed E-state index contributed by atoms with van der Waals surface area (Å²) in [5.41, 5.74) is -5.54. The summed E-state index contributed by atoms with van der Waals surface area (Å²) >= 11 is 0. The van der Waals surface area contributed by atoms with E-state index in [0.29, 0.717) is 5.19 Å². The third-order valence-electron chi connectivity index (χ3n) is 2.28. The third kappa shape index (κ3) is 3.41. The molecular weight excluding hydrogens is 301 g/mol. The van der Waals surface area contributed by atoms with Crippen LogP contribution < -0.4 is 9.37 Å². The number of phenolic OH excluding ortho intramolecular Hbond substituents is 1. The molecule has 0 aliphatic rings. The molecule has 0 fully saturated rings. The van der Waals surface area contributed by atoms with E-state index in [1.54, 1.807) is 19.6 Å². The molecule has 1 N–H and O–H groups in total. The first-order valence-corrected chi connectivity index (χ1v) is 10.1. The number of para-hydroxylation sites is 1. The molecule has 0 aliphatic heterocycles.